The summed E-state index contributed by atoms with van der Waals surface area (Å²) < 4.78 is 52.6. The van der Waals surface area contributed by atoms with Gasteiger partial charge in [0.2, 0.25) is 8.32 Å². The molecule has 14 heavy (non-hydrogen) atoms. The average molecular weight is 253 g/mol. The lowest BCUT2D eigenvalue weighted by Crippen LogP contribution is -2.47. The highest BCUT2D eigenvalue weighted by Crippen LogP contribution is 2.39. The predicted molar refractivity (Wildman–Crippen MR) is 45.2 cm³/mol. The van der Waals surface area contributed by atoms with Crippen molar-refractivity contribution in [2.24, 2.45) is 0 Å². The minimum absolute atomic E-state index is 1.44. The first kappa shape index (κ1) is 13.7. The number of alkyl halides is 5. The highest BCUT2D eigenvalue weighted by Gasteiger charge is 2.62. The maximum absolute atomic E-state index is 12.7. The van der Waals surface area contributed by atoms with Crippen LogP contribution in [0.3, 0.4) is 0 Å². The van der Waals surface area contributed by atoms with E-state index in [1.54, 1.807) is 0 Å². The van der Waals surface area contributed by atoms with E-state index in [0.29, 0.717) is 0 Å². The zero-order chi connectivity index (χ0) is 11.8. The molecule has 0 aromatic heterocycles. The molecule has 0 aromatic rings. The number of carbonyl (C=O) groups is 1. The van der Waals surface area contributed by atoms with Gasteiger partial charge in [-0.15, -0.1) is 0 Å². The van der Waals surface area contributed by atoms with E-state index in [1.807, 2.05) is 0 Å². The summed E-state index contributed by atoms with van der Waals surface area (Å²) in [5.41, 5.74) is 0. The van der Waals surface area contributed by atoms with Crippen molar-refractivity contribution in [3.63, 3.8) is 0 Å². The number of hydrogen-bond donors (Lipinski definition) is 0. The molecule has 0 amide bonds. The maximum Gasteiger partial charge on any atom is 0.448 e. The van der Waals surface area contributed by atoms with Gasteiger partial charge in [0.1, 0.15) is 0 Å². The fourth-order valence-corrected chi connectivity index (χ4v) is 1.26. The van der Waals surface area contributed by atoms with Crippen molar-refractivity contribution in [3.8, 4) is 0 Å². The summed E-state index contributed by atoms with van der Waals surface area (Å²) in [5.74, 6) is -2.09. The van der Waals surface area contributed by atoms with E-state index < -0.39 is 25.6 Å². The molecule has 2 nitrogen and oxygen atoms in total. The Kier molecular flexibility index (Phi) is 3.61. The molecule has 0 spiro atoms. The summed E-state index contributed by atoms with van der Waals surface area (Å²) in [6, 6.07) is 0. The van der Waals surface area contributed by atoms with Crippen LogP contribution >= 0.6 is 11.6 Å². The van der Waals surface area contributed by atoms with E-state index in [0.717, 1.165) is 0 Å². The van der Waals surface area contributed by atoms with E-state index in [9.17, 15) is 22.4 Å². The fourth-order valence-electron chi connectivity index (χ4n) is 0.458. The minimum atomic E-state index is -5.47. The zero-order valence-electron chi connectivity index (χ0n) is 7.71. The average Bonchev–Trinajstić information content (AvgIpc) is 1.80. The van der Waals surface area contributed by atoms with Crippen LogP contribution in [0.1, 0.15) is 0 Å². The molecule has 0 saturated carbocycles. The van der Waals surface area contributed by atoms with Crippen LogP contribution in [-0.2, 0) is 9.22 Å². The zero-order valence-corrected chi connectivity index (χ0v) is 9.46. The summed E-state index contributed by atoms with van der Waals surface area (Å²) >= 11 is 4.42. The van der Waals surface area contributed by atoms with Gasteiger partial charge in [-0.3, -0.25) is 0 Å². The van der Waals surface area contributed by atoms with Crippen molar-refractivity contribution < 1.29 is 26.8 Å². The molecule has 0 aliphatic rings. The lowest BCUT2D eigenvalue weighted by atomic mass is 10.4. The van der Waals surface area contributed by atoms with E-state index in [2.05, 4.69) is 16.0 Å². The Labute approximate surface area is 84.3 Å². The Morgan fingerprint density at radius 2 is 1.57 bits per heavy atom. The molecule has 0 N–H and O–H groups in total. The Bertz CT molecular complexity index is 233. The molecular weight excluding hydrogens is 244 g/mol. The molecule has 0 saturated heterocycles. The molecule has 0 aliphatic carbocycles. The Hall–Kier alpha value is -0.303. The smallest absolute Gasteiger partial charge is 0.448 e. The van der Waals surface area contributed by atoms with Crippen LogP contribution in [0.4, 0.5) is 17.6 Å². The Morgan fingerprint density at radius 1 is 1.21 bits per heavy atom. The van der Waals surface area contributed by atoms with Crippen LogP contribution in [0.5, 0.6) is 0 Å². The third kappa shape index (κ3) is 3.45. The molecule has 8 heteroatoms. The van der Waals surface area contributed by atoms with E-state index in [-0.39, 0.29) is 0 Å². The summed E-state index contributed by atoms with van der Waals surface area (Å²) in [6.45, 7) is 4.32. The quantitative estimate of drug-likeness (QED) is 0.429. The van der Waals surface area contributed by atoms with Crippen LogP contribution in [0.2, 0.25) is 19.6 Å². The van der Waals surface area contributed by atoms with Crippen LogP contribution in [-0.4, -0.2) is 25.6 Å². The van der Waals surface area contributed by atoms with Gasteiger partial charge in [-0.2, -0.15) is 13.2 Å². The molecular formula is C6H9ClF4O2Si. The third-order valence-electron chi connectivity index (χ3n) is 1.01. The van der Waals surface area contributed by atoms with Crippen molar-refractivity contribution in [3.05, 3.63) is 0 Å². The second-order valence-corrected chi connectivity index (χ2v) is 8.52. The molecule has 1 unspecified atom stereocenters. The second kappa shape index (κ2) is 3.69. The lowest BCUT2D eigenvalue weighted by Gasteiger charge is -2.24. The molecule has 0 aromatic carbocycles. The second-order valence-electron chi connectivity index (χ2n) is 3.57. The van der Waals surface area contributed by atoms with Gasteiger partial charge in [0.05, 0.1) is 0 Å². The molecule has 0 bridgehead atoms. The number of halogens is 5. The number of carbonyl (C=O) groups excluding carboxylic acids is 1. The number of rotatable bonds is 2. The van der Waals surface area contributed by atoms with Gasteiger partial charge in [0, 0.05) is 0 Å². The first-order valence-corrected chi connectivity index (χ1v) is 7.34. The van der Waals surface area contributed by atoms with Crippen molar-refractivity contribution in [1.29, 1.82) is 0 Å². The minimum Gasteiger partial charge on any atom is -0.516 e. The lowest BCUT2D eigenvalue weighted by molar-refractivity contribution is -0.209. The van der Waals surface area contributed by atoms with E-state index in [1.165, 1.54) is 19.6 Å². The van der Waals surface area contributed by atoms with Crippen molar-refractivity contribution >= 4 is 25.9 Å². The molecule has 0 rings (SSSR count). The van der Waals surface area contributed by atoms with Gasteiger partial charge in [-0.25, -0.2) is 9.18 Å². The third-order valence-corrected chi connectivity index (χ3v) is 2.18. The Morgan fingerprint density at radius 3 is 1.79 bits per heavy atom. The molecule has 0 heterocycles. The van der Waals surface area contributed by atoms with Crippen LogP contribution in [0.25, 0.3) is 0 Å². The molecule has 0 aliphatic heterocycles. The summed E-state index contributed by atoms with van der Waals surface area (Å²) in [4.78, 5) is 10.7. The first-order chi connectivity index (χ1) is 5.88. The monoisotopic (exact) mass is 252 g/mol. The van der Waals surface area contributed by atoms with Crippen LogP contribution in [0.15, 0.2) is 0 Å². The van der Waals surface area contributed by atoms with Crippen molar-refractivity contribution in [2.45, 2.75) is 30.9 Å². The fraction of sp³-hybridized carbons (Fsp3) is 0.833. The topological polar surface area (TPSA) is 26.3 Å². The van der Waals surface area contributed by atoms with E-state index in [4.69, 9.17) is 0 Å². The summed E-state index contributed by atoms with van der Waals surface area (Å²) in [5, 5.41) is -4.45. The van der Waals surface area contributed by atoms with Gasteiger partial charge in [0.15, 0.2) is 0 Å². The highest BCUT2D eigenvalue weighted by atomic mass is 35.5. The van der Waals surface area contributed by atoms with Gasteiger partial charge in [-0.1, -0.05) is 11.6 Å². The maximum atomic E-state index is 12.7. The predicted octanol–water partition coefficient (Wildman–Crippen LogP) is 2.83. The normalized spacial score (nSPS) is 17.4. The molecule has 84 valence electrons. The van der Waals surface area contributed by atoms with Crippen LogP contribution in [0, 0.1) is 0 Å². The van der Waals surface area contributed by atoms with Crippen molar-refractivity contribution in [1.82, 2.24) is 0 Å². The van der Waals surface area contributed by atoms with Gasteiger partial charge >= 0.3 is 17.3 Å². The molecule has 0 radical (unpaired) electrons. The summed E-state index contributed by atoms with van der Waals surface area (Å²) in [6.07, 6.45) is -5.47. The van der Waals surface area contributed by atoms with E-state index >= 15 is 0 Å². The van der Waals surface area contributed by atoms with Crippen LogP contribution < -0.4 is 0 Å². The largest absolute Gasteiger partial charge is 0.516 e. The van der Waals surface area contributed by atoms with Crippen molar-refractivity contribution in [2.75, 3.05) is 0 Å². The molecule has 1 atom stereocenters. The molecule has 0 fully saturated rings. The van der Waals surface area contributed by atoms with Gasteiger partial charge < -0.3 is 4.43 Å². The Balaban J connectivity index is 4.70. The first-order valence-electron chi connectivity index (χ1n) is 3.56. The van der Waals surface area contributed by atoms with Gasteiger partial charge in [0.25, 0.3) is 0 Å². The van der Waals surface area contributed by atoms with Gasteiger partial charge in [-0.05, 0) is 19.6 Å². The highest BCUT2D eigenvalue weighted by molar-refractivity contribution is 6.71. The summed E-state index contributed by atoms with van der Waals surface area (Å²) in [7, 11) is -2.58. The number of hydrogen-bond acceptors (Lipinski definition) is 2. The SMILES string of the molecule is C[Si](C)(C)OC(=O)C(F)(Cl)C(F)(F)F. The standard InChI is InChI=1S/C6H9ClF4O2Si/c1-14(2,3)13-4(12)5(7,8)6(9,10)11/h1-3H3.